The Morgan fingerprint density at radius 3 is 2.33 bits per heavy atom. The van der Waals surface area contributed by atoms with E-state index in [2.05, 4.69) is 12.1 Å². The summed E-state index contributed by atoms with van der Waals surface area (Å²) < 4.78 is 0. The van der Waals surface area contributed by atoms with Gasteiger partial charge in [-0.1, -0.05) is 66.0 Å². The van der Waals surface area contributed by atoms with E-state index in [0.29, 0.717) is 16.5 Å². The van der Waals surface area contributed by atoms with Crippen LogP contribution >= 0.6 is 23.2 Å². The Kier molecular flexibility index (Phi) is 4.26. The van der Waals surface area contributed by atoms with Gasteiger partial charge in [-0.2, -0.15) is 0 Å². The molecule has 0 aromatic heterocycles. The average molecular weight is 321 g/mol. The molecule has 1 saturated carbocycles. The molecule has 0 saturated heterocycles. The first-order valence-corrected chi connectivity index (χ1v) is 8.05. The number of hydrogen-bond acceptors (Lipinski definition) is 1. The summed E-state index contributed by atoms with van der Waals surface area (Å²) in [5, 5.41) is 12.1. The van der Waals surface area contributed by atoms with Gasteiger partial charge in [0.2, 0.25) is 0 Å². The second-order valence-electron chi connectivity index (χ2n) is 5.83. The lowest BCUT2D eigenvalue weighted by molar-refractivity contribution is 0.0286. The fourth-order valence-electron chi connectivity index (χ4n) is 3.23. The number of halogens is 2. The van der Waals surface area contributed by atoms with Gasteiger partial charge in [0, 0.05) is 21.9 Å². The van der Waals surface area contributed by atoms with Crippen LogP contribution in [0.4, 0.5) is 0 Å². The Morgan fingerprint density at radius 1 is 1.05 bits per heavy atom. The van der Waals surface area contributed by atoms with E-state index in [1.54, 1.807) is 6.07 Å². The molecule has 0 amide bonds. The molecule has 1 aliphatic rings. The minimum absolute atomic E-state index is 0.121. The number of aliphatic hydroxyl groups excluding tert-OH is 1. The molecule has 1 fully saturated rings. The lowest BCUT2D eigenvalue weighted by Gasteiger charge is -2.46. The van der Waals surface area contributed by atoms with Crippen molar-refractivity contribution in [2.24, 2.45) is 0 Å². The quantitative estimate of drug-likeness (QED) is 0.838. The summed E-state index contributed by atoms with van der Waals surface area (Å²) >= 11 is 12.2. The lowest BCUT2D eigenvalue weighted by Crippen LogP contribution is -2.46. The van der Waals surface area contributed by atoms with Crippen LogP contribution in [-0.4, -0.2) is 11.2 Å². The molecule has 2 aromatic rings. The van der Waals surface area contributed by atoms with E-state index < -0.39 is 6.10 Å². The van der Waals surface area contributed by atoms with Gasteiger partial charge in [-0.3, -0.25) is 0 Å². The first-order chi connectivity index (χ1) is 10.1. The highest BCUT2D eigenvalue weighted by Crippen LogP contribution is 2.47. The van der Waals surface area contributed by atoms with E-state index in [1.807, 2.05) is 30.3 Å². The van der Waals surface area contributed by atoms with Gasteiger partial charge < -0.3 is 5.11 Å². The zero-order chi connectivity index (χ0) is 14.9. The molecule has 21 heavy (non-hydrogen) atoms. The van der Waals surface area contributed by atoms with E-state index in [4.69, 9.17) is 23.2 Å². The van der Waals surface area contributed by atoms with Crippen molar-refractivity contribution in [1.82, 2.24) is 0 Å². The summed E-state index contributed by atoms with van der Waals surface area (Å²) in [5.41, 5.74) is 2.06. The molecular weight excluding hydrogens is 303 g/mol. The standard InChI is InChI=1S/C18H18Cl2O/c19-15-8-7-13(16(20)12-15)11-17(21)18(9-4-10-18)14-5-2-1-3-6-14/h1-3,5-8,12,17,21H,4,9-11H2. The maximum atomic E-state index is 10.8. The molecule has 110 valence electrons. The zero-order valence-electron chi connectivity index (χ0n) is 11.7. The Hall–Kier alpha value is -1.02. The average Bonchev–Trinajstić information content (AvgIpc) is 2.42. The molecule has 3 rings (SSSR count). The van der Waals surface area contributed by atoms with Crippen molar-refractivity contribution < 1.29 is 5.11 Å². The molecule has 1 unspecified atom stereocenters. The van der Waals surface area contributed by atoms with Crippen LogP contribution in [0, 0.1) is 0 Å². The maximum absolute atomic E-state index is 10.8. The summed E-state index contributed by atoms with van der Waals surface area (Å²) in [4.78, 5) is 0. The first kappa shape index (κ1) is 14.9. The molecule has 0 bridgehead atoms. The van der Waals surface area contributed by atoms with Crippen molar-refractivity contribution in [2.45, 2.75) is 37.2 Å². The zero-order valence-corrected chi connectivity index (χ0v) is 13.2. The Bertz CT molecular complexity index is 620. The number of hydrogen-bond donors (Lipinski definition) is 1. The predicted molar refractivity (Wildman–Crippen MR) is 88.1 cm³/mol. The molecule has 3 heteroatoms. The van der Waals surface area contributed by atoms with E-state index in [0.717, 1.165) is 18.4 Å². The van der Waals surface area contributed by atoms with Crippen molar-refractivity contribution in [1.29, 1.82) is 0 Å². The van der Waals surface area contributed by atoms with E-state index in [-0.39, 0.29) is 5.41 Å². The molecule has 1 nitrogen and oxygen atoms in total. The lowest BCUT2D eigenvalue weighted by atomic mass is 9.60. The molecular formula is C18H18Cl2O. The monoisotopic (exact) mass is 320 g/mol. The van der Waals surface area contributed by atoms with Crippen LogP contribution in [0.15, 0.2) is 48.5 Å². The highest BCUT2D eigenvalue weighted by atomic mass is 35.5. The van der Waals surface area contributed by atoms with Gasteiger partial charge in [0.05, 0.1) is 6.10 Å². The Balaban J connectivity index is 1.85. The fraction of sp³-hybridized carbons (Fsp3) is 0.333. The van der Waals surface area contributed by atoms with Crippen LogP contribution < -0.4 is 0 Å². The fourth-order valence-corrected chi connectivity index (χ4v) is 3.72. The minimum atomic E-state index is -0.424. The molecule has 0 radical (unpaired) electrons. The smallest absolute Gasteiger partial charge is 0.0677 e. The summed E-state index contributed by atoms with van der Waals surface area (Å²) in [6.45, 7) is 0. The van der Waals surface area contributed by atoms with Gasteiger partial charge in [-0.05, 0) is 36.1 Å². The van der Waals surface area contributed by atoms with Gasteiger partial charge in [0.25, 0.3) is 0 Å². The minimum Gasteiger partial charge on any atom is -0.392 e. The van der Waals surface area contributed by atoms with Gasteiger partial charge >= 0.3 is 0 Å². The van der Waals surface area contributed by atoms with Crippen molar-refractivity contribution in [3.8, 4) is 0 Å². The van der Waals surface area contributed by atoms with Gasteiger partial charge in [-0.25, -0.2) is 0 Å². The maximum Gasteiger partial charge on any atom is 0.0677 e. The number of aliphatic hydroxyl groups is 1. The third kappa shape index (κ3) is 2.83. The molecule has 1 N–H and O–H groups in total. The molecule has 2 aromatic carbocycles. The third-order valence-corrected chi connectivity index (χ3v) is 5.25. The number of benzene rings is 2. The SMILES string of the molecule is OC(Cc1ccc(Cl)cc1Cl)C1(c2ccccc2)CCC1. The molecule has 0 spiro atoms. The van der Waals surface area contributed by atoms with E-state index >= 15 is 0 Å². The summed E-state index contributed by atoms with van der Waals surface area (Å²) in [6, 6.07) is 15.8. The third-order valence-electron chi connectivity index (χ3n) is 4.66. The molecule has 1 atom stereocenters. The van der Waals surface area contributed by atoms with Crippen molar-refractivity contribution in [3.05, 3.63) is 69.7 Å². The predicted octanol–water partition coefficient (Wildman–Crippen LogP) is 5.02. The topological polar surface area (TPSA) is 20.2 Å². The van der Waals surface area contributed by atoms with Crippen LogP contribution in [0.25, 0.3) is 0 Å². The van der Waals surface area contributed by atoms with Crippen LogP contribution in [0.3, 0.4) is 0 Å². The first-order valence-electron chi connectivity index (χ1n) is 7.29. The van der Waals surface area contributed by atoms with Crippen LogP contribution in [-0.2, 0) is 11.8 Å². The van der Waals surface area contributed by atoms with Crippen molar-refractivity contribution in [3.63, 3.8) is 0 Å². The van der Waals surface area contributed by atoms with Gasteiger partial charge in [0.15, 0.2) is 0 Å². The Labute approximate surface area is 135 Å². The van der Waals surface area contributed by atoms with E-state index in [9.17, 15) is 5.11 Å². The molecule has 0 aliphatic heterocycles. The van der Waals surface area contributed by atoms with E-state index in [1.165, 1.54) is 12.0 Å². The van der Waals surface area contributed by atoms with Gasteiger partial charge in [-0.15, -0.1) is 0 Å². The second-order valence-corrected chi connectivity index (χ2v) is 6.68. The summed E-state index contributed by atoms with van der Waals surface area (Å²) in [7, 11) is 0. The van der Waals surface area contributed by atoms with Crippen LogP contribution in [0.2, 0.25) is 10.0 Å². The van der Waals surface area contributed by atoms with Crippen LogP contribution in [0.1, 0.15) is 30.4 Å². The highest BCUT2D eigenvalue weighted by molar-refractivity contribution is 6.35. The van der Waals surface area contributed by atoms with Crippen molar-refractivity contribution >= 4 is 23.2 Å². The normalized spacial score (nSPS) is 18.0. The van der Waals surface area contributed by atoms with Crippen LogP contribution in [0.5, 0.6) is 0 Å². The van der Waals surface area contributed by atoms with Gasteiger partial charge in [0.1, 0.15) is 0 Å². The molecule has 0 heterocycles. The summed E-state index contributed by atoms with van der Waals surface area (Å²) in [6.07, 6.45) is 3.37. The molecule has 1 aliphatic carbocycles. The second kappa shape index (κ2) is 6.00. The number of rotatable bonds is 4. The largest absolute Gasteiger partial charge is 0.392 e. The highest BCUT2D eigenvalue weighted by Gasteiger charge is 2.44. The summed E-state index contributed by atoms with van der Waals surface area (Å²) in [5.74, 6) is 0. The Morgan fingerprint density at radius 2 is 1.76 bits per heavy atom. The van der Waals surface area contributed by atoms with Crippen molar-refractivity contribution in [2.75, 3.05) is 0 Å².